The van der Waals surface area contributed by atoms with Crippen LogP contribution in [0.25, 0.3) is 0 Å². The summed E-state index contributed by atoms with van der Waals surface area (Å²) in [5, 5.41) is 11.7. The molecule has 0 bridgehead atoms. The van der Waals surface area contributed by atoms with Crippen molar-refractivity contribution in [2.75, 3.05) is 5.32 Å². The molecule has 0 radical (unpaired) electrons. The first kappa shape index (κ1) is 10.1. The van der Waals surface area contributed by atoms with E-state index < -0.39 is 5.97 Å². The number of hydrogen-bond donors (Lipinski definition) is 2. The van der Waals surface area contributed by atoms with Crippen LogP contribution in [0.3, 0.4) is 0 Å². The van der Waals surface area contributed by atoms with E-state index in [0.29, 0.717) is 5.95 Å². The molecule has 0 saturated heterocycles. The molecule has 0 aliphatic rings. The van der Waals surface area contributed by atoms with Gasteiger partial charge in [-0.15, -0.1) is 0 Å². The Labute approximate surface area is 91.8 Å². The van der Waals surface area contributed by atoms with Gasteiger partial charge in [-0.25, -0.2) is 14.8 Å². The zero-order chi connectivity index (χ0) is 11.4. The molecule has 0 spiro atoms. The molecule has 0 atom stereocenters. The smallest absolute Gasteiger partial charge is 0.335 e. The van der Waals surface area contributed by atoms with Crippen molar-refractivity contribution in [3.63, 3.8) is 0 Å². The Morgan fingerprint density at radius 1 is 1.12 bits per heavy atom. The second-order valence-corrected chi connectivity index (χ2v) is 3.08. The second-order valence-electron chi connectivity index (χ2n) is 3.08. The van der Waals surface area contributed by atoms with Gasteiger partial charge < -0.3 is 10.4 Å². The van der Waals surface area contributed by atoms with Crippen LogP contribution in [-0.2, 0) is 0 Å². The molecule has 16 heavy (non-hydrogen) atoms. The van der Waals surface area contributed by atoms with Crippen molar-refractivity contribution in [2.24, 2.45) is 0 Å². The van der Waals surface area contributed by atoms with E-state index in [9.17, 15) is 4.79 Å². The fraction of sp³-hybridized carbons (Fsp3) is 0. The number of hydrogen-bond acceptors (Lipinski definition) is 4. The van der Waals surface area contributed by atoms with Crippen molar-refractivity contribution >= 4 is 17.6 Å². The van der Waals surface area contributed by atoms with Crippen molar-refractivity contribution in [3.05, 3.63) is 48.3 Å². The van der Waals surface area contributed by atoms with Crippen LogP contribution in [0.15, 0.2) is 42.7 Å². The average molecular weight is 215 g/mol. The number of anilines is 2. The maximum atomic E-state index is 10.6. The molecule has 0 aliphatic carbocycles. The van der Waals surface area contributed by atoms with Gasteiger partial charge in [0.25, 0.3) is 0 Å². The molecular formula is C11H9N3O2. The highest BCUT2D eigenvalue weighted by molar-refractivity contribution is 5.88. The summed E-state index contributed by atoms with van der Waals surface area (Å²) in [4.78, 5) is 18.6. The summed E-state index contributed by atoms with van der Waals surface area (Å²) in [6.07, 6.45) is 3.25. The molecule has 2 aromatic rings. The summed E-state index contributed by atoms with van der Waals surface area (Å²) in [7, 11) is 0. The maximum absolute atomic E-state index is 10.6. The van der Waals surface area contributed by atoms with E-state index in [-0.39, 0.29) is 5.56 Å². The largest absolute Gasteiger partial charge is 0.478 e. The van der Waals surface area contributed by atoms with Gasteiger partial charge in [0.15, 0.2) is 0 Å². The minimum absolute atomic E-state index is 0.250. The minimum Gasteiger partial charge on any atom is -0.478 e. The lowest BCUT2D eigenvalue weighted by molar-refractivity contribution is 0.0697. The summed E-state index contributed by atoms with van der Waals surface area (Å²) in [6, 6.07) is 8.10. The monoisotopic (exact) mass is 215 g/mol. The highest BCUT2D eigenvalue weighted by Gasteiger charge is 2.01. The van der Waals surface area contributed by atoms with E-state index in [1.807, 2.05) is 0 Å². The van der Waals surface area contributed by atoms with Crippen LogP contribution in [0, 0.1) is 0 Å². The number of nitrogens with one attached hydrogen (secondary N) is 1. The Balaban J connectivity index is 2.14. The first-order valence-corrected chi connectivity index (χ1v) is 4.63. The predicted octanol–water partition coefficient (Wildman–Crippen LogP) is 1.92. The quantitative estimate of drug-likeness (QED) is 0.818. The molecule has 2 N–H and O–H groups in total. The van der Waals surface area contributed by atoms with Crippen LogP contribution in [0.4, 0.5) is 11.6 Å². The third-order valence-corrected chi connectivity index (χ3v) is 1.95. The van der Waals surface area contributed by atoms with Crippen molar-refractivity contribution in [2.45, 2.75) is 0 Å². The van der Waals surface area contributed by atoms with Gasteiger partial charge in [0.1, 0.15) is 0 Å². The zero-order valence-electron chi connectivity index (χ0n) is 8.29. The third-order valence-electron chi connectivity index (χ3n) is 1.95. The van der Waals surface area contributed by atoms with Gasteiger partial charge in [0, 0.05) is 18.1 Å². The second kappa shape index (κ2) is 4.39. The molecule has 2 rings (SSSR count). The van der Waals surface area contributed by atoms with Crippen LogP contribution in [0.1, 0.15) is 10.4 Å². The van der Waals surface area contributed by atoms with Gasteiger partial charge in [0.2, 0.25) is 5.95 Å². The Morgan fingerprint density at radius 2 is 1.75 bits per heavy atom. The van der Waals surface area contributed by atoms with Crippen molar-refractivity contribution in [3.8, 4) is 0 Å². The van der Waals surface area contributed by atoms with Gasteiger partial charge in [0.05, 0.1) is 5.56 Å². The number of aromatic nitrogens is 2. The van der Waals surface area contributed by atoms with Crippen LogP contribution in [0.5, 0.6) is 0 Å². The van der Waals surface area contributed by atoms with E-state index in [1.165, 1.54) is 12.1 Å². The van der Waals surface area contributed by atoms with Crippen LogP contribution < -0.4 is 5.32 Å². The van der Waals surface area contributed by atoms with E-state index in [2.05, 4.69) is 15.3 Å². The highest BCUT2D eigenvalue weighted by Crippen LogP contribution is 2.13. The predicted molar refractivity (Wildman–Crippen MR) is 58.7 cm³/mol. The maximum Gasteiger partial charge on any atom is 0.335 e. The first-order valence-electron chi connectivity index (χ1n) is 4.63. The third kappa shape index (κ3) is 2.33. The SMILES string of the molecule is O=C(O)c1ccc(Nc2ncccn2)cc1. The highest BCUT2D eigenvalue weighted by atomic mass is 16.4. The normalized spacial score (nSPS) is 9.75. The molecule has 1 aromatic heterocycles. The standard InChI is InChI=1S/C11H9N3O2/c15-10(16)8-2-4-9(5-3-8)14-11-12-6-1-7-13-11/h1-7H,(H,15,16)(H,12,13,14). The average Bonchev–Trinajstić information content (AvgIpc) is 2.31. The van der Waals surface area contributed by atoms with Gasteiger partial charge >= 0.3 is 5.97 Å². The first-order chi connectivity index (χ1) is 7.75. The van der Waals surface area contributed by atoms with Crippen LogP contribution >= 0.6 is 0 Å². The zero-order valence-corrected chi connectivity index (χ0v) is 8.29. The fourth-order valence-electron chi connectivity index (χ4n) is 1.19. The lowest BCUT2D eigenvalue weighted by atomic mass is 10.2. The molecule has 5 heteroatoms. The summed E-state index contributed by atoms with van der Waals surface area (Å²) in [5.74, 6) is -0.465. The van der Waals surface area contributed by atoms with E-state index in [4.69, 9.17) is 5.11 Å². The Kier molecular flexibility index (Phi) is 2.77. The number of carboxylic acids is 1. The lowest BCUT2D eigenvalue weighted by Crippen LogP contribution is -1.98. The van der Waals surface area contributed by atoms with Crippen LogP contribution in [0.2, 0.25) is 0 Å². The number of benzene rings is 1. The molecule has 0 aliphatic heterocycles. The summed E-state index contributed by atoms with van der Waals surface area (Å²) in [5.41, 5.74) is 0.996. The summed E-state index contributed by atoms with van der Waals surface area (Å²) >= 11 is 0. The summed E-state index contributed by atoms with van der Waals surface area (Å²) in [6.45, 7) is 0. The lowest BCUT2D eigenvalue weighted by Gasteiger charge is -2.03. The fourth-order valence-corrected chi connectivity index (χ4v) is 1.19. The number of aromatic carboxylic acids is 1. The number of rotatable bonds is 3. The molecule has 0 amide bonds. The van der Waals surface area contributed by atoms with Crippen LogP contribution in [-0.4, -0.2) is 21.0 Å². The van der Waals surface area contributed by atoms with E-state index >= 15 is 0 Å². The molecule has 0 saturated carbocycles. The van der Waals surface area contributed by atoms with Crippen molar-refractivity contribution in [1.82, 2.24) is 9.97 Å². The van der Waals surface area contributed by atoms with Gasteiger partial charge in [-0.1, -0.05) is 0 Å². The van der Waals surface area contributed by atoms with Gasteiger partial charge in [-0.3, -0.25) is 0 Å². The van der Waals surface area contributed by atoms with Crippen molar-refractivity contribution < 1.29 is 9.90 Å². The molecule has 5 nitrogen and oxygen atoms in total. The van der Waals surface area contributed by atoms with Crippen molar-refractivity contribution in [1.29, 1.82) is 0 Å². The molecule has 1 aromatic carbocycles. The molecule has 80 valence electrons. The molecule has 0 unspecified atom stereocenters. The number of nitrogens with zero attached hydrogens (tertiary/aromatic N) is 2. The number of carboxylic acid groups (broad SMARTS) is 1. The molecular weight excluding hydrogens is 206 g/mol. The topological polar surface area (TPSA) is 75.1 Å². The summed E-state index contributed by atoms with van der Waals surface area (Å²) < 4.78 is 0. The molecule has 1 heterocycles. The minimum atomic E-state index is -0.942. The number of carbonyl (C=O) groups is 1. The Bertz CT molecular complexity index is 482. The van der Waals surface area contributed by atoms with E-state index in [0.717, 1.165) is 5.69 Å². The van der Waals surface area contributed by atoms with E-state index in [1.54, 1.807) is 30.6 Å². The van der Waals surface area contributed by atoms with Gasteiger partial charge in [-0.2, -0.15) is 0 Å². The van der Waals surface area contributed by atoms with Gasteiger partial charge in [-0.05, 0) is 30.3 Å². The molecule has 0 fully saturated rings. The Morgan fingerprint density at radius 3 is 2.31 bits per heavy atom. The Hall–Kier alpha value is -2.43.